The first kappa shape index (κ1) is 12.9. The lowest BCUT2D eigenvalue weighted by Gasteiger charge is -2.47. The highest BCUT2D eigenvalue weighted by Crippen LogP contribution is 2.43. The van der Waals surface area contributed by atoms with E-state index in [9.17, 15) is 0 Å². The fourth-order valence-corrected chi connectivity index (χ4v) is 3.77. The van der Waals surface area contributed by atoms with Crippen LogP contribution in [0.1, 0.15) is 45.4 Å². The van der Waals surface area contributed by atoms with Crippen LogP contribution >= 0.6 is 0 Å². The van der Waals surface area contributed by atoms with Crippen molar-refractivity contribution in [1.82, 2.24) is 4.90 Å². The van der Waals surface area contributed by atoms with Crippen LogP contribution in [-0.4, -0.2) is 42.8 Å². The molecule has 104 valence electrons. The smallest absolute Gasteiger partial charge is 0.0513 e. The van der Waals surface area contributed by atoms with Gasteiger partial charge in [0.1, 0.15) is 0 Å². The molecule has 0 amide bonds. The third kappa shape index (κ3) is 2.33. The van der Waals surface area contributed by atoms with E-state index in [0.717, 1.165) is 31.7 Å². The van der Waals surface area contributed by atoms with E-state index in [1.54, 1.807) is 0 Å². The third-order valence-corrected chi connectivity index (χ3v) is 5.37. The molecule has 18 heavy (non-hydrogen) atoms. The average Bonchev–Trinajstić information content (AvgIpc) is 3.31. The van der Waals surface area contributed by atoms with Crippen molar-refractivity contribution in [1.29, 1.82) is 0 Å². The standard InChI is InChI=1S/C15H28N2O/c1-2-15(11-16,13-7-8-18-10-13)17(14-5-6-14)9-12-3-4-12/h12-14H,2-11,16H2,1H3. The van der Waals surface area contributed by atoms with Crippen LogP contribution in [0.2, 0.25) is 0 Å². The maximum Gasteiger partial charge on any atom is 0.0513 e. The Morgan fingerprint density at radius 2 is 2.00 bits per heavy atom. The summed E-state index contributed by atoms with van der Waals surface area (Å²) in [6.07, 6.45) is 8.05. The molecule has 1 aliphatic heterocycles. The lowest BCUT2D eigenvalue weighted by atomic mass is 9.78. The molecule has 0 bridgehead atoms. The molecular weight excluding hydrogens is 224 g/mol. The topological polar surface area (TPSA) is 38.5 Å². The van der Waals surface area contributed by atoms with Gasteiger partial charge in [-0.3, -0.25) is 4.90 Å². The van der Waals surface area contributed by atoms with Gasteiger partial charge in [-0.1, -0.05) is 6.92 Å². The number of rotatable bonds is 7. The summed E-state index contributed by atoms with van der Waals surface area (Å²) in [4.78, 5) is 2.81. The van der Waals surface area contributed by atoms with Crippen molar-refractivity contribution >= 4 is 0 Å². The van der Waals surface area contributed by atoms with Gasteiger partial charge in [-0.2, -0.15) is 0 Å². The molecular formula is C15H28N2O. The van der Waals surface area contributed by atoms with Gasteiger partial charge in [0.2, 0.25) is 0 Å². The molecule has 2 atom stereocenters. The molecule has 3 rings (SSSR count). The van der Waals surface area contributed by atoms with Crippen molar-refractivity contribution in [2.75, 3.05) is 26.3 Å². The minimum atomic E-state index is 0.222. The van der Waals surface area contributed by atoms with Crippen molar-refractivity contribution in [3.8, 4) is 0 Å². The van der Waals surface area contributed by atoms with Gasteiger partial charge in [-0.05, 0) is 44.4 Å². The highest BCUT2D eigenvalue weighted by atomic mass is 16.5. The molecule has 0 aromatic carbocycles. The quantitative estimate of drug-likeness (QED) is 0.753. The molecule has 1 saturated heterocycles. The van der Waals surface area contributed by atoms with Gasteiger partial charge in [0.15, 0.2) is 0 Å². The van der Waals surface area contributed by atoms with E-state index >= 15 is 0 Å². The second kappa shape index (κ2) is 5.10. The maximum absolute atomic E-state index is 6.26. The summed E-state index contributed by atoms with van der Waals surface area (Å²) < 4.78 is 5.66. The van der Waals surface area contributed by atoms with Crippen molar-refractivity contribution in [2.45, 2.75) is 57.0 Å². The first-order valence-electron chi connectivity index (χ1n) is 7.84. The number of hydrogen-bond donors (Lipinski definition) is 1. The molecule has 0 radical (unpaired) electrons. The van der Waals surface area contributed by atoms with Crippen molar-refractivity contribution < 1.29 is 4.74 Å². The molecule has 2 aliphatic carbocycles. The monoisotopic (exact) mass is 252 g/mol. The summed E-state index contributed by atoms with van der Waals surface area (Å²) in [7, 11) is 0. The van der Waals surface area contributed by atoms with Crippen LogP contribution < -0.4 is 5.73 Å². The van der Waals surface area contributed by atoms with E-state index in [4.69, 9.17) is 10.5 Å². The first-order chi connectivity index (χ1) is 8.80. The molecule has 3 nitrogen and oxygen atoms in total. The van der Waals surface area contributed by atoms with E-state index in [-0.39, 0.29) is 5.54 Å². The van der Waals surface area contributed by atoms with Gasteiger partial charge < -0.3 is 10.5 Å². The van der Waals surface area contributed by atoms with Gasteiger partial charge in [0.25, 0.3) is 0 Å². The number of nitrogens with zero attached hydrogens (tertiary/aromatic N) is 1. The van der Waals surface area contributed by atoms with Crippen molar-refractivity contribution in [2.24, 2.45) is 17.6 Å². The summed E-state index contributed by atoms with van der Waals surface area (Å²) in [5, 5.41) is 0. The molecule has 3 aliphatic rings. The van der Waals surface area contributed by atoms with Crippen LogP contribution in [0.25, 0.3) is 0 Å². The highest BCUT2D eigenvalue weighted by molar-refractivity contribution is 5.04. The number of ether oxygens (including phenoxy) is 1. The van der Waals surface area contributed by atoms with Gasteiger partial charge in [0.05, 0.1) is 6.61 Å². The average molecular weight is 252 g/mol. The second-order valence-electron chi connectivity index (χ2n) is 6.55. The summed E-state index contributed by atoms with van der Waals surface area (Å²) in [6.45, 7) is 6.30. The zero-order valence-corrected chi connectivity index (χ0v) is 11.7. The zero-order chi connectivity index (χ0) is 12.6. The maximum atomic E-state index is 6.26. The summed E-state index contributed by atoms with van der Waals surface area (Å²) in [6, 6.07) is 0.828. The van der Waals surface area contributed by atoms with Gasteiger partial charge in [-0.25, -0.2) is 0 Å². The normalized spacial score (nSPS) is 31.8. The van der Waals surface area contributed by atoms with Crippen LogP contribution in [0.15, 0.2) is 0 Å². The van der Waals surface area contributed by atoms with Gasteiger partial charge in [0, 0.05) is 37.2 Å². The predicted octanol–water partition coefficient (Wildman–Crippen LogP) is 2.00. The fraction of sp³-hybridized carbons (Fsp3) is 1.00. The number of hydrogen-bond acceptors (Lipinski definition) is 3. The van der Waals surface area contributed by atoms with E-state index in [0.29, 0.717) is 5.92 Å². The Morgan fingerprint density at radius 1 is 1.22 bits per heavy atom. The van der Waals surface area contributed by atoms with Crippen molar-refractivity contribution in [3.05, 3.63) is 0 Å². The first-order valence-corrected chi connectivity index (χ1v) is 7.84. The molecule has 3 heteroatoms. The Bertz CT molecular complexity index is 276. The molecule has 0 spiro atoms. The Balaban J connectivity index is 1.79. The van der Waals surface area contributed by atoms with E-state index < -0.39 is 0 Å². The number of nitrogens with two attached hydrogens (primary N) is 1. The van der Waals surface area contributed by atoms with E-state index in [2.05, 4.69) is 11.8 Å². The van der Waals surface area contributed by atoms with E-state index in [1.807, 2.05) is 0 Å². The molecule has 3 fully saturated rings. The lowest BCUT2D eigenvalue weighted by Crippen LogP contribution is -2.60. The van der Waals surface area contributed by atoms with Crippen LogP contribution in [0, 0.1) is 11.8 Å². The van der Waals surface area contributed by atoms with Gasteiger partial charge in [-0.15, -0.1) is 0 Å². The molecule has 2 N–H and O–H groups in total. The molecule has 1 heterocycles. The third-order valence-electron chi connectivity index (χ3n) is 5.37. The fourth-order valence-electron chi connectivity index (χ4n) is 3.77. The van der Waals surface area contributed by atoms with Crippen LogP contribution in [0.3, 0.4) is 0 Å². The summed E-state index contributed by atoms with van der Waals surface area (Å²) in [5.74, 6) is 1.62. The Kier molecular flexibility index (Phi) is 3.65. The summed E-state index contributed by atoms with van der Waals surface area (Å²) >= 11 is 0. The second-order valence-corrected chi connectivity index (χ2v) is 6.55. The minimum Gasteiger partial charge on any atom is -0.381 e. The largest absolute Gasteiger partial charge is 0.381 e. The molecule has 2 unspecified atom stereocenters. The lowest BCUT2D eigenvalue weighted by molar-refractivity contribution is 0.0165. The van der Waals surface area contributed by atoms with Crippen molar-refractivity contribution in [3.63, 3.8) is 0 Å². The Hall–Kier alpha value is -0.120. The minimum absolute atomic E-state index is 0.222. The predicted molar refractivity (Wildman–Crippen MR) is 73.5 cm³/mol. The highest BCUT2D eigenvalue weighted by Gasteiger charge is 2.49. The molecule has 0 aromatic rings. The Morgan fingerprint density at radius 3 is 2.44 bits per heavy atom. The summed E-state index contributed by atoms with van der Waals surface area (Å²) in [5.41, 5.74) is 6.49. The van der Waals surface area contributed by atoms with Crippen LogP contribution in [-0.2, 0) is 4.74 Å². The molecule has 2 saturated carbocycles. The van der Waals surface area contributed by atoms with Crippen LogP contribution in [0.4, 0.5) is 0 Å². The van der Waals surface area contributed by atoms with E-state index in [1.165, 1.54) is 45.1 Å². The van der Waals surface area contributed by atoms with Crippen LogP contribution in [0.5, 0.6) is 0 Å². The SMILES string of the molecule is CCC(CN)(C1CCOC1)N(CC1CC1)C1CC1. The molecule has 0 aromatic heterocycles. The zero-order valence-electron chi connectivity index (χ0n) is 11.7. The van der Waals surface area contributed by atoms with Gasteiger partial charge >= 0.3 is 0 Å². The Labute approximate surface area is 111 Å².